The molecule has 1 aromatic rings. The molecule has 1 aliphatic heterocycles. The van der Waals surface area contributed by atoms with Gasteiger partial charge in [-0.3, -0.25) is 9.36 Å². The second-order valence-electron chi connectivity index (χ2n) is 3.56. The highest BCUT2D eigenvalue weighted by Crippen LogP contribution is 2.08. The summed E-state index contributed by atoms with van der Waals surface area (Å²) < 4.78 is 1.73. The van der Waals surface area contributed by atoms with Crippen LogP contribution in [0.1, 0.15) is 12.0 Å². The van der Waals surface area contributed by atoms with E-state index in [1.54, 1.807) is 10.6 Å². The predicted octanol–water partition coefficient (Wildman–Crippen LogP) is 0.991. The average Bonchev–Trinajstić information content (AvgIpc) is 2.19. The van der Waals surface area contributed by atoms with E-state index in [1.165, 1.54) is 0 Å². The molecule has 0 atom stereocenters. The number of nitrogens with one attached hydrogen (secondary N) is 1. The minimum Gasteiger partial charge on any atom is -0.313 e. The lowest BCUT2D eigenvalue weighted by atomic mass is 10.2. The minimum absolute atomic E-state index is 0.0677. The van der Waals surface area contributed by atoms with Crippen molar-refractivity contribution in [2.24, 2.45) is 0 Å². The van der Waals surface area contributed by atoms with Gasteiger partial charge < -0.3 is 5.32 Å². The summed E-state index contributed by atoms with van der Waals surface area (Å²) in [7, 11) is 0. The molecule has 1 N–H and O–H groups in total. The van der Waals surface area contributed by atoms with Crippen LogP contribution in [0.4, 0.5) is 0 Å². The van der Waals surface area contributed by atoms with Crippen LogP contribution >= 0.6 is 0 Å². The summed E-state index contributed by atoms with van der Waals surface area (Å²) in [4.78, 5) is 11.6. The average molecular weight is 190 g/mol. The van der Waals surface area contributed by atoms with Crippen molar-refractivity contribution >= 4 is 5.70 Å². The lowest BCUT2D eigenvalue weighted by Gasteiger charge is -2.15. The molecular weight excluding hydrogens is 176 g/mol. The Morgan fingerprint density at radius 1 is 1.50 bits per heavy atom. The first kappa shape index (κ1) is 9.21. The largest absolute Gasteiger partial charge is 0.313 e. The minimum atomic E-state index is 0.0677. The third kappa shape index (κ3) is 1.77. The molecule has 0 spiro atoms. The van der Waals surface area contributed by atoms with Crippen molar-refractivity contribution in [2.45, 2.75) is 13.3 Å². The summed E-state index contributed by atoms with van der Waals surface area (Å²) in [5, 5.41) is 3.22. The Balaban J connectivity index is 2.41. The maximum atomic E-state index is 11.6. The molecule has 3 heteroatoms. The molecule has 1 aliphatic rings. The van der Waals surface area contributed by atoms with Gasteiger partial charge in [-0.05, 0) is 18.6 Å². The normalized spacial score (nSPS) is 16.5. The maximum Gasteiger partial charge on any atom is 0.255 e. The summed E-state index contributed by atoms with van der Waals surface area (Å²) in [6.07, 6.45) is 4.85. The topological polar surface area (TPSA) is 34.0 Å². The van der Waals surface area contributed by atoms with E-state index < -0.39 is 0 Å². The lowest BCUT2D eigenvalue weighted by Crippen LogP contribution is -2.26. The smallest absolute Gasteiger partial charge is 0.255 e. The van der Waals surface area contributed by atoms with E-state index in [1.807, 2.05) is 19.2 Å². The third-order valence-corrected chi connectivity index (χ3v) is 2.42. The van der Waals surface area contributed by atoms with Gasteiger partial charge in [0.2, 0.25) is 0 Å². The number of pyridine rings is 1. The quantitative estimate of drug-likeness (QED) is 0.716. The van der Waals surface area contributed by atoms with Crippen molar-refractivity contribution in [3.8, 4) is 0 Å². The number of hydrogen-bond acceptors (Lipinski definition) is 2. The fourth-order valence-corrected chi connectivity index (χ4v) is 1.64. The Morgan fingerprint density at radius 2 is 2.36 bits per heavy atom. The highest BCUT2D eigenvalue weighted by atomic mass is 16.1. The Labute approximate surface area is 83.1 Å². The molecule has 74 valence electrons. The zero-order valence-corrected chi connectivity index (χ0v) is 8.29. The van der Waals surface area contributed by atoms with Gasteiger partial charge in [0.15, 0.2) is 0 Å². The molecule has 14 heavy (non-hydrogen) atoms. The van der Waals surface area contributed by atoms with Gasteiger partial charge in [0.25, 0.3) is 5.56 Å². The molecule has 0 unspecified atom stereocenters. The third-order valence-electron chi connectivity index (χ3n) is 2.42. The molecule has 2 rings (SSSR count). The summed E-state index contributed by atoms with van der Waals surface area (Å²) in [6, 6.07) is 3.63. The van der Waals surface area contributed by atoms with Crippen LogP contribution in [-0.4, -0.2) is 17.7 Å². The van der Waals surface area contributed by atoms with Gasteiger partial charge in [-0.25, -0.2) is 0 Å². The van der Waals surface area contributed by atoms with Gasteiger partial charge in [0.05, 0.1) is 0 Å². The highest BCUT2D eigenvalue weighted by molar-refractivity contribution is 5.47. The maximum absolute atomic E-state index is 11.6. The van der Waals surface area contributed by atoms with E-state index >= 15 is 0 Å². The highest BCUT2D eigenvalue weighted by Gasteiger charge is 2.05. The Bertz CT molecular complexity index is 418. The van der Waals surface area contributed by atoms with Crippen molar-refractivity contribution < 1.29 is 0 Å². The molecule has 0 saturated heterocycles. The lowest BCUT2D eigenvalue weighted by molar-refractivity contribution is 0.713. The van der Waals surface area contributed by atoms with Crippen LogP contribution in [0.25, 0.3) is 5.70 Å². The SMILES string of the molecule is Cc1ccn(C2=CCNCC2)c(=O)c1. The zero-order chi connectivity index (χ0) is 9.97. The van der Waals surface area contributed by atoms with E-state index in [0.717, 1.165) is 30.8 Å². The van der Waals surface area contributed by atoms with Crippen LogP contribution in [-0.2, 0) is 0 Å². The van der Waals surface area contributed by atoms with Crippen molar-refractivity contribution in [3.63, 3.8) is 0 Å². The van der Waals surface area contributed by atoms with E-state index in [-0.39, 0.29) is 5.56 Å². The van der Waals surface area contributed by atoms with Crippen LogP contribution in [0.2, 0.25) is 0 Å². The summed E-state index contributed by atoms with van der Waals surface area (Å²) in [5.74, 6) is 0. The number of aromatic nitrogens is 1. The molecule has 0 amide bonds. The molecule has 0 radical (unpaired) electrons. The van der Waals surface area contributed by atoms with E-state index in [0.29, 0.717) is 0 Å². The second kappa shape index (κ2) is 3.80. The molecule has 3 nitrogen and oxygen atoms in total. The molecule has 0 saturated carbocycles. The van der Waals surface area contributed by atoms with Crippen molar-refractivity contribution in [1.82, 2.24) is 9.88 Å². The first-order valence-electron chi connectivity index (χ1n) is 4.87. The van der Waals surface area contributed by atoms with Gasteiger partial charge in [0, 0.05) is 37.5 Å². The molecule has 2 heterocycles. The Hall–Kier alpha value is -1.35. The number of hydrogen-bond donors (Lipinski definition) is 1. The number of nitrogens with zero attached hydrogens (tertiary/aromatic N) is 1. The van der Waals surface area contributed by atoms with Gasteiger partial charge in [-0.1, -0.05) is 6.08 Å². The molecular formula is C11H14N2O. The van der Waals surface area contributed by atoms with Crippen LogP contribution in [0, 0.1) is 6.92 Å². The number of aryl methyl sites for hydroxylation is 1. The number of rotatable bonds is 1. The van der Waals surface area contributed by atoms with Gasteiger partial charge in [-0.15, -0.1) is 0 Å². The molecule has 0 bridgehead atoms. The van der Waals surface area contributed by atoms with Gasteiger partial charge >= 0.3 is 0 Å². The molecule has 1 aromatic heterocycles. The van der Waals surface area contributed by atoms with Crippen LogP contribution in [0.3, 0.4) is 0 Å². The van der Waals surface area contributed by atoms with Crippen LogP contribution in [0.15, 0.2) is 29.2 Å². The molecule has 0 aromatic carbocycles. The Kier molecular flexibility index (Phi) is 2.50. The van der Waals surface area contributed by atoms with Crippen molar-refractivity contribution in [1.29, 1.82) is 0 Å². The second-order valence-corrected chi connectivity index (χ2v) is 3.56. The zero-order valence-electron chi connectivity index (χ0n) is 8.29. The summed E-state index contributed by atoms with van der Waals surface area (Å²) in [5.41, 5.74) is 2.19. The summed E-state index contributed by atoms with van der Waals surface area (Å²) >= 11 is 0. The summed E-state index contributed by atoms with van der Waals surface area (Å²) in [6.45, 7) is 3.74. The predicted molar refractivity (Wildman–Crippen MR) is 57.2 cm³/mol. The van der Waals surface area contributed by atoms with E-state index in [4.69, 9.17) is 0 Å². The Morgan fingerprint density at radius 3 is 3.00 bits per heavy atom. The van der Waals surface area contributed by atoms with Crippen molar-refractivity contribution in [2.75, 3.05) is 13.1 Å². The monoisotopic (exact) mass is 190 g/mol. The first-order chi connectivity index (χ1) is 6.77. The van der Waals surface area contributed by atoms with Crippen molar-refractivity contribution in [3.05, 3.63) is 40.3 Å². The fourth-order valence-electron chi connectivity index (χ4n) is 1.64. The standard InChI is InChI=1S/C11H14N2O/c1-9-4-7-13(11(14)8-9)10-2-5-12-6-3-10/h2,4,7-8,12H,3,5-6H2,1H3. The van der Waals surface area contributed by atoms with Gasteiger partial charge in [-0.2, -0.15) is 0 Å². The van der Waals surface area contributed by atoms with Gasteiger partial charge in [0.1, 0.15) is 0 Å². The van der Waals surface area contributed by atoms with Crippen LogP contribution in [0.5, 0.6) is 0 Å². The van der Waals surface area contributed by atoms with E-state index in [2.05, 4.69) is 11.4 Å². The first-order valence-corrected chi connectivity index (χ1v) is 4.87. The van der Waals surface area contributed by atoms with E-state index in [9.17, 15) is 4.79 Å². The van der Waals surface area contributed by atoms with Crippen LogP contribution < -0.4 is 10.9 Å². The fraction of sp³-hybridized carbons (Fsp3) is 0.364. The molecule has 0 aliphatic carbocycles. The molecule has 0 fully saturated rings.